The van der Waals surface area contributed by atoms with Crippen molar-refractivity contribution in [2.45, 2.75) is 19.8 Å². The first-order valence-electron chi connectivity index (χ1n) is 8.28. The molecule has 5 heteroatoms. The number of hydrogen-bond donors (Lipinski definition) is 0. The van der Waals surface area contributed by atoms with E-state index in [4.69, 9.17) is 9.26 Å². The molecule has 0 fully saturated rings. The summed E-state index contributed by atoms with van der Waals surface area (Å²) in [5, 5.41) is 4.17. The molecule has 4 rings (SSSR count). The summed E-state index contributed by atoms with van der Waals surface area (Å²) in [5.74, 6) is 1.32. The van der Waals surface area contributed by atoms with Gasteiger partial charge in [-0.25, -0.2) is 0 Å². The third-order valence-electron chi connectivity index (χ3n) is 4.18. The van der Waals surface area contributed by atoms with E-state index in [1.165, 1.54) is 5.56 Å². The minimum absolute atomic E-state index is 0.531. The fraction of sp³-hybridized carbons (Fsp3) is 0.263. The van der Waals surface area contributed by atoms with E-state index in [0.717, 1.165) is 36.4 Å². The monoisotopic (exact) mass is 321 g/mol. The molecule has 2 aromatic carbocycles. The first-order chi connectivity index (χ1) is 11.9. The molecule has 1 aliphatic heterocycles. The maximum absolute atomic E-state index is 5.67. The highest BCUT2D eigenvalue weighted by molar-refractivity contribution is 5.67. The summed E-state index contributed by atoms with van der Waals surface area (Å²) in [6.07, 6.45) is 2.16. The highest BCUT2D eigenvalue weighted by Gasteiger charge is 2.23. The molecule has 5 nitrogen and oxygen atoms in total. The second-order valence-corrected chi connectivity index (χ2v) is 5.71. The number of nitrogens with zero attached hydrogens (tertiary/aromatic N) is 3. The van der Waals surface area contributed by atoms with Crippen LogP contribution in [0.3, 0.4) is 0 Å². The fourth-order valence-corrected chi connectivity index (χ4v) is 3.10. The average Bonchev–Trinajstić information content (AvgIpc) is 3.12. The van der Waals surface area contributed by atoms with Crippen molar-refractivity contribution in [3.63, 3.8) is 0 Å². The number of aromatic nitrogens is 2. The average molecular weight is 321 g/mol. The van der Waals surface area contributed by atoms with Crippen LogP contribution in [0.25, 0.3) is 11.4 Å². The van der Waals surface area contributed by atoms with Gasteiger partial charge in [0.05, 0.1) is 12.2 Å². The van der Waals surface area contributed by atoms with E-state index in [1.807, 2.05) is 37.3 Å². The maximum Gasteiger partial charge on any atom is 0.328 e. The van der Waals surface area contributed by atoms with Gasteiger partial charge < -0.3 is 9.26 Å². The van der Waals surface area contributed by atoms with Crippen molar-refractivity contribution < 1.29 is 9.26 Å². The molecule has 1 aliphatic rings. The Morgan fingerprint density at radius 1 is 1.12 bits per heavy atom. The number of rotatable bonds is 4. The number of anilines is 2. The van der Waals surface area contributed by atoms with Crippen LogP contribution in [0.1, 0.15) is 18.9 Å². The lowest BCUT2D eigenvalue weighted by molar-refractivity contribution is 0.341. The van der Waals surface area contributed by atoms with Crippen molar-refractivity contribution >= 4 is 11.7 Å². The third-order valence-corrected chi connectivity index (χ3v) is 4.18. The van der Waals surface area contributed by atoms with E-state index in [2.05, 4.69) is 33.2 Å². The SMILES string of the molecule is CCOc1ccccc1-c1noc(N2CCCc3ccccc32)n1. The second kappa shape index (κ2) is 6.35. The highest BCUT2D eigenvalue weighted by Crippen LogP contribution is 2.34. The van der Waals surface area contributed by atoms with Crippen LogP contribution < -0.4 is 9.64 Å². The first-order valence-corrected chi connectivity index (χ1v) is 8.28. The Labute approximate surface area is 140 Å². The summed E-state index contributed by atoms with van der Waals surface area (Å²) >= 11 is 0. The zero-order chi connectivity index (χ0) is 16.4. The van der Waals surface area contributed by atoms with Gasteiger partial charge in [-0.15, -0.1) is 0 Å². The lowest BCUT2D eigenvalue weighted by Crippen LogP contribution is -2.24. The molecule has 122 valence electrons. The van der Waals surface area contributed by atoms with Crippen LogP contribution in [0.2, 0.25) is 0 Å². The zero-order valence-corrected chi connectivity index (χ0v) is 13.6. The quantitative estimate of drug-likeness (QED) is 0.720. The summed E-state index contributed by atoms with van der Waals surface area (Å²) in [6.45, 7) is 3.44. The van der Waals surface area contributed by atoms with E-state index in [9.17, 15) is 0 Å². The Hall–Kier alpha value is -2.82. The van der Waals surface area contributed by atoms with Gasteiger partial charge >= 0.3 is 6.01 Å². The molecule has 0 aliphatic carbocycles. The second-order valence-electron chi connectivity index (χ2n) is 5.71. The first kappa shape index (κ1) is 14.8. The molecule has 2 heterocycles. The number of benzene rings is 2. The van der Waals surface area contributed by atoms with E-state index in [1.54, 1.807) is 0 Å². The van der Waals surface area contributed by atoms with Gasteiger partial charge in [-0.3, -0.25) is 4.90 Å². The van der Waals surface area contributed by atoms with E-state index in [0.29, 0.717) is 18.4 Å². The molecule has 1 aromatic heterocycles. The minimum Gasteiger partial charge on any atom is -0.493 e. The molecule has 0 N–H and O–H groups in total. The van der Waals surface area contributed by atoms with Gasteiger partial charge in [-0.05, 0) is 43.5 Å². The molecule has 3 aromatic rings. The van der Waals surface area contributed by atoms with Crippen LogP contribution in [-0.2, 0) is 6.42 Å². The van der Waals surface area contributed by atoms with Gasteiger partial charge in [0, 0.05) is 12.2 Å². The van der Waals surface area contributed by atoms with Gasteiger partial charge in [0.15, 0.2) is 0 Å². The van der Waals surface area contributed by atoms with Gasteiger partial charge in [0.1, 0.15) is 5.75 Å². The standard InChI is InChI=1S/C19H19N3O2/c1-2-23-17-12-6-4-10-15(17)18-20-19(24-21-18)22-13-7-9-14-8-3-5-11-16(14)22/h3-6,8,10-12H,2,7,9,13H2,1H3. The molecule has 0 unspecified atom stereocenters. The van der Waals surface area contributed by atoms with Crippen LogP contribution in [0.5, 0.6) is 5.75 Å². The van der Waals surface area contributed by atoms with Crippen molar-refractivity contribution in [3.05, 3.63) is 54.1 Å². The van der Waals surface area contributed by atoms with E-state index in [-0.39, 0.29) is 0 Å². The molecule has 0 saturated carbocycles. The molecule has 0 bridgehead atoms. The summed E-state index contributed by atoms with van der Waals surface area (Å²) in [7, 11) is 0. The Balaban J connectivity index is 1.70. The Kier molecular flexibility index (Phi) is 3.91. The van der Waals surface area contributed by atoms with E-state index >= 15 is 0 Å². The number of ether oxygens (including phenoxy) is 1. The molecule has 0 atom stereocenters. The summed E-state index contributed by atoms with van der Waals surface area (Å²) in [4.78, 5) is 6.71. The largest absolute Gasteiger partial charge is 0.493 e. The van der Waals surface area contributed by atoms with Crippen LogP contribution in [-0.4, -0.2) is 23.3 Å². The lowest BCUT2D eigenvalue weighted by atomic mass is 10.0. The normalized spacial score (nSPS) is 13.6. The van der Waals surface area contributed by atoms with Crippen molar-refractivity contribution in [1.82, 2.24) is 10.1 Å². The number of aryl methyl sites for hydroxylation is 1. The highest BCUT2D eigenvalue weighted by atomic mass is 16.5. The van der Waals surface area contributed by atoms with Crippen LogP contribution in [0, 0.1) is 0 Å². The predicted molar refractivity (Wildman–Crippen MR) is 92.7 cm³/mol. The molecule has 0 saturated heterocycles. The third kappa shape index (κ3) is 2.62. The number of hydrogen-bond acceptors (Lipinski definition) is 5. The van der Waals surface area contributed by atoms with Gasteiger partial charge in [0.25, 0.3) is 0 Å². The molecular formula is C19H19N3O2. The number of para-hydroxylation sites is 2. The molecular weight excluding hydrogens is 302 g/mol. The van der Waals surface area contributed by atoms with Crippen molar-refractivity contribution in [2.75, 3.05) is 18.1 Å². The Bertz CT molecular complexity index is 844. The number of fused-ring (bicyclic) bond motifs is 1. The molecule has 0 amide bonds. The van der Waals surface area contributed by atoms with Crippen LogP contribution in [0.15, 0.2) is 53.1 Å². The molecule has 0 radical (unpaired) electrons. The van der Waals surface area contributed by atoms with Gasteiger partial charge in [-0.1, -0.05) is 35.5 Å². The topological polar surface area (TPSA) is 51.4 Å². The van der Waals surface area contributed by atoms with Gasteiger partial charge in [0.2, 0.25) is 5.82 Å². The van der Waals surface area contributed by atoms with Crippen LogP contribution >= 0.6 is 0 Å². The maximum atomic E-state index is 5.67. The van der Waals surface area contributed by atoms with Crippen molar-refractivity contribution in [3.8, 4) is 17.1 Å². The van der Waals surface area contributed by atoms with Crippen molar-refractivity contribution in [1.29, 1.82) is 0 Å². The predicted octanol–water partition coefficient (Wildman–Crippen LogP) is 4.22. The molecule has 24 heavy (non-hydrogen) atoms. The fourth-order valence-electron chi connectivity index (χ4n) is 3.10. The Morgan fingerprint density at radius 3 is 2.88 bits per heavy atom. The summed E-state index contributed by atoms with van der Waals surface area (Å²) in [6, 6.07) is 16.7. The van der Waals surface area contributed by atoms with Gasteiger partial charge in [-0.2, -0.15) is 4.98 Å². The van der Waals surface area contributed by atoms with Crippen LogP contribution in [0.4, 0.5) is 11.7 Å². The smallest absolute Gasteiger partial charge is 0.328 e. The molecule has 0 spiro atoms. The van der Waals surface area contributed by atoms with Crippen molar-refractivity contribution in [2.24, 2.45) is 0 Å². The summed E-state index contributed by atoms with van der Waals surface area (Å²) < 4.78 is 11.2. The van der Waals surface area contributed by atoms with E-state index < -0.39 is 0 Å². The summed E-state index contributed by atoms with van der Waals surface area (Å²) in [5.41, 5.74) is 3.31. The minimum atomic E-state index is 0.531. The zero-order valence-electron chi connectivity index (χ0n) is 13.6. The Morgan fingerprint density at radius 2 is 1.96 bits per heavy atom. The lowest BCUT2D eigenvalue weighted by Gasteiger charge is -2.27.